The van der Waals surface area contributed by atoms with Gasteiger partial charge in [-0.15, -0.1) is 0 Å². The van der Waals surface area contributed by atoms with Gasteiger partial charge in [0.2, 0.25) is 0 Å². The molecule has 2 aliphatic heterocycles. The van der Waals surface area contributed by atoms with Gasteiger partial charge in [0, 0.05) is 49.2 Å². The van der Waals surface area contributed by atoms with Gasteiger partial charge in [0.25, 0.3) is 0 Å². The molecule has 0 saturated carbocycles. The van der Waals surface area contributed by atoms with E-state index in [4.69, 9.17) is 21.3 Å². The quantitative estimate of drug-likeness (QED) is 0.598. The lowest BCUT2D eigenvalue weighted by molar-refractivity contribution is 0.0195. The highest BCUT2D eigenvalue weighted by Crippen LogP contribution is 2.31. The number of ether oxygens (including phenoxy) is 1. The number of nitrogens with zero attached hydrogens (tertiary/aromatic N) is 3. The smallest absolute Gasteiger partial charge is 0.193 e. The molecule has 0 radical (unpaired) electrons. The van der Waals surface area contributed by atoms with Gasteiger partial charge in [-0.2, -0.15) is 0 Å². The van der Waals surface area contributed by atoms with Gasteiger partial charge in [-0.3, -0.25) is 9.89 Å². The molecular formula is C21H32ClFN4O. The first kappa shape index (κ1) is 21.3. The Hall–Kier alpha value is -1.37. The summed E-state index contributed by atoms with van der Waals surface area (Å²) in [6.07, 6.45) is 1.15. The van der Waals surface area contributed by atoms with Gasteiger partial charge in [-0.05, 0) is 31.0 Å². The molecule has 156 valence electrons. The molecule has 1 N–H and O–H groups in total. The lowest BCUT2D eigenvalue weighted by atomic mass is 9.84. The normalized spacial score (nSPS) is 22.0. The van der Waals surface area contributed by atoms with Crippen LogP contribution in [0, 0.1) is 5.82 Å². The Balaban J connectivity index is 1.68. The van der Waals surface area contributed by atoms with Gasteiger partial charge in [0.1, 0.15) is 5.82 Å². The van der Waals surface area contributed by atoms with E-state index in [0.717, 1.165) is 63.9 Å². The second-order valence-electron chi connectivity index (χ2n) is 8.22. The number of hydrogen-bond donors (Lipinski definition) is 1. The van der Waals surface area contributed by atoms with Crippen LogP contribution < -0.4 is 5.32 Å². The van der Waals surface area contributed by atoms with Crippen molar-refractivity contribution in [2.24, 2.45) is 4.99 Å². The molecule has 3 rings (SSSR count). The van der Waals surface area contributed by atoms with Gasteiger partial charge in [0.15, 0.2) is 5.96 Å². The Morgan fingerprint density at radius 2 is 2.07 bits per heavy atom. The molecule has 1 aromatic rings. The summed E-state index contributed by atoms with van der Waals surface area (Å²) in [6, 6.07) is 5.17. The monoisotopic (exact) mass is 410 g/mol. The summed E-state index contributed by atoms with van der Waals surface area (Å²) in [6.45, 7) is 13.4. The molecule has 5 nitrogen and oxygen atoms in total. The highest BCUT2D eigenvalue weighted by atomic mass is 35.5. The molecule has 1 unspecified atom stereocenters. The number of morpholine rings is 1. The summed E-state index contributed by atoms with van der Waals surface area (Å²) >= 11 is 6.29. The summed E-state index contributed by atoms with van der Waals surface area (Å²) in [5.74, 6) is 0.636. The standard InChI is InChI=1S/C21H32ClFN4O/c1-4-24-20(27-8-7-17(14-27)26-9-11-28-12-10-26)25-15-21(2,3)18-6-5-16(23)13-19(18)22/h5-6,13,17H,4,7-12,14-15H2,1-3H3,(H,24,25). The molecule has 0 aliphatic carbocycles. The van der Waals surface area contributed by atoms with E-state index >= 15 is 0 Å². The zero-order valence-electron chi connectivity index (χ0n) is 17.2. The highest BCUT2D eigenvalue weighted by molar-refractivity contribution is 6.31. The molecule has 0 spiro atoms. The van der Waals surface area contributed by atoms with Gasteiger partial charge < -0.3 is 15.0 Å². The molecule has 2 fully saturated rings. The summed E-state index contributed by atoms with van der Waals surface area (Å²) in [7, 11) is 0. The Bertz CT molecular complexity index is 691. The number of likely N-dealkylation sites (tertiary alicyclic amines) is 1. The summed E-state index contributed by atoms with van der Waals surface area (Å²) in [5.41, 5.74) is 0.636. The maximum Gasteiger partial charge on any atom is 0.193 e. The van der Waals surface area contributed by atoms with E-state index in [9.17, 15) is 4.39 Å². The minimum absolute atomic E-state index is 0.283. The van der Waals surface area contributed by atoms with Crippen LogP contribution in [0.3, 0.4) is 0 Å². The number of aliphatic imine (C=N–C) groups is 1. The van der Waals surface area contributed by atoms with Crippen LogP contribution in [0.25, 0.3) is 0 Å². The van der Waals surface area contributed by atoms with Crippen molar-refractivity contribution >= 4 is 17.6 Å². The Morgan fingerprint density at radius 1 is 1.32 bits per heavy atom. The molecule has 28 heavy (non-hydrogen) atoms. The predicted octanol–water partition coefficient (Wildman–Crippen LogP) is 3.13. The van der Waals surface area contributed by atoms with Gasteiger partial charge >= 0.3 is 0 Å². The SMILES string of the molecule is CCNC(=NCC(C)(C)c1ccc(F)cc1Cl)N1CCC(N2CCOCC2)C1. The van der Waals surface area contributed by atoms with Crippen LogP contribution >= 0.6 is 11.6 Å². The van der Waals surface area contributed by atoms with Crippen molar-refractivity contribution in [1.29, 1.82) is 0 Å². The van der Waals surface area contributed by atoms with Crippen molar-refractivity contribution in [2.45, 2.75) is 38.6 Å². The second-order valence-corrected chi connectivity index (χ2v) is 8.62. The topological polar surface area (TPSA) is 40.1 Å². The van der Waals surface area contributed by atoms with E-state index in [2.05, 4.69) is 35.9 Å². The highest BCUT2D eigenvalue weighted by Gasteiger charge is 2.31. The van der Waals surface area contributed by atoms with Crippen LogP contribution in [0.1, 0.15) is 32.8 Å². The Labute approximate surface area is 172 Å². The summed E-state index contributed by atoms with van der Waals surface area (Å²) in [5, 5.41) is 3.89. The number of rotatable bonds is 5. The maximum absolute atomic E-state index is 13.4. The van der Waals surface area contributed by atoms with Crippen molar-refractivity contribution in [1.82, 2.24) is 15.1 Å². The second kappa shape index (κ2) is 9.42. The van der Waals surface area contributed by atoms with Crippen molar-refractivity contribution < 1.29 is 9.13 Å². The molecule has 1 aromatic carbocycles. The number of halogens is 2. The zero-order chi connectivity index (χ0) is 20.1. The van der Waals surface area contributed by atoms with E-state index in [1.807, 2.05) is 0 Å². The van der Waals surface area contributed by atoms with E-state index in [1.165, 1.54) is 12.1 Å². The lowest BCUT2D eigenvalue weighted by Crippen LogP contribution is -2.47. The number of guanidine groups is 1. The third kappa shape index (κ3) is 5.16. The van der Waals surface area contributed by atoms with Crippen molar-refractivity contribution in [3.63, 3.8) is 0 Å². The van der Waals surface area contributed by atoms with Crippen LogP contribution in [-0.2, 0) is 10.2 Å². The Morgan fingerprint density at radius 3 is 2.75 bits per heavy atom. The third-order valence-corrected chi connectivity index (χ3v) is 5.96. The minimum Gasteiger partial charge on any atom is -0.379 e. The fourth-order valence-corrected chi connectivity index (χ4v) is 4.42. The molecule has 0 bridgehead atoms. The van der Waals surface area contributed by atoms with E-state index in [0.29, 0.717) is 17.6 Å². The molecular weight excluding hydrogens is 379 g/mol. The van der Waals surface area contributed by atoms with Crippen LogP contribution in [0.15, 0.2) is 23.2 Å². The van der Waals surface area contributed by atoms with E-state index in [-0.39, 0.29) is 11.2 Å². The molecule has 2 aliphatic rings. The van der Waals surface area contributed by atoms with Crippen LogP contribution in [0.5, 0.6) is 0 Å². The minimum atomic E-state index is -0.312. The van der Waals surface area contributed by atoms with Crippen LogP contribution in [-0.4, -0.2) is 74.3 Å². The molecule has 0 aromatic heterocycles. The predicted molar refractivity (Wildman–Crippen MR) is 113 cm³/mol. The third-order valence-electron chi connectivity index (χ3n) is 5.64. The average Bonchev–Trinajstić information content (AvgIpc) is 3.15. The fourth-order valence-electron chi connectivity index (χ4n) is 4.00. The van der Waals surface area contributed by atoms with Gasteiger partial charge in [-0.25, -0.2) is 4.39 Å². The summed E-state index contributed by atoms with van der Waals surface area (Å²) in [4.78, 5) is 9.81. The Kier molecular flexibility index (Phi) is 7.18. The average molecular weight is 411 g/mol. The first-order valence-corrected chi connectivity index (χ1v) is 10.6. The molecule has 2 heterocycles. The van der Waals surface area contributed by atoms with Gasteiger partial charge in [-0.1, -0.05) is 31.5 Å². The summed E-state index contributed by atoms with van der Waals surface area (Å²) < 4.78 is 18.9. The maximum atomic E-state index is 13.4. The van der Waals surface area contributed by atoms with Crippen LogP contribution in [0.4, 0.5) is 4.39 Å². The first-order chi connectivity index (χ1) is 13.4. The van der Waals surface area contributed by atoms with Crippen LogP contribution in [0.2, 0.25) is 5.02 Å². The number of hydrogen-bond acceptors (Lipinski definition) is 3. The number of nitrogens with one attached hydrogen (secondary N) is 1. The number of benzene rings is 1. The molecule has 2 saturated heterocycles. The van der Waals surface area contributed by atoms with E-state index < -0.39 is 0 Å². The molecule has 0 amide bonds. The lowest BCUT2D eigenvalue weighted by Gasteiger charge is -2.32. The van der Waals surface area contributed by atoms with Crippen molar-refractivity contribution in [3.05, 3.63) is 34.6 Å². The van der Waals surface area contributed by atoms with Crippen molar-refractivity contribution in [2.75, 3.05) is 52.5 Å². The van der Waals surface area contributed by atoms with E-state index in [1.54, 1.807) is 6.07 Å². The zero-order valence-corrected chi connectivity index (χ0v) is 17.9. The fraction of sp³-hybridized carbons (Fsp3) is 0.667. The molecule has 1 atom stereocenters. The van der Waals surface area contributed by atoms with Gasteiger partial charge in [0.05, 0.1) is 19.8 Å². The van der Waals surface area contributed by atoms with Crippen molar-refractivity contribution in [3.8, 4) is 0 Å². The largest absolute Gasteiger partial charge is 0.379 e. The molecule has 7 heteroatoms. The first-order valence-electron chi connectivity index (χ1n) is 10.2.